The Morgan fingerprint density at radius 3 is 2.54 bits per heavy atom. The smallest absolute Gasteiger partial charge is 0.257 e. The summed E-state index contributed by atoms with van der Waals surface area (Å²) in [6, 6.07) is 9.15. The number of furan rings is 1. The van der Waals surface area contributed by atoms with Gasteiger partial charge in [0.2, 0.25) is 0 Å². The number of methoxy groups -OCH3 is 1. The van der Waals surface area contributed by atoms with E-state index in [4.69, 9.17) is 13.9 Å². The first-order valence-corrected chi connectivity index (χ1v) is 9.06. The third-order valence-corrected chi connectivity index (χ3v) is 4.88. The molecule has 1 aliphatic heterocycles. The second-order valence-corrected chi connectivity index (χ2v) is 6.78. The molecule has 0 spiro atoms. The fraction of sp³-hybridized carbons (Fsp3) is 0.389. The Balaban J connectivity index is 1.63. The SMILES string of the molecule is COc1ccc(OCc2cc(C(=O)N3CCSCC3)c(C)o2)cc1. The number of rotatable bonds is 5. The maximum atomic E-state index is 12.6. The molecular formula is C18H21NO4S. The van der Waals surface area contributed by atoms with Crippen molar-refractivity contribution >= 4 is 17.7 Å². The lowest BCUT2D eigenvalue weighted by atomic mass is 10.2. The van der Waals surface area contributed by atoms with E-state index in [1.807, 2.05) is 47.9 Å². The van der Waals surface area contributed by atoms with Gasteiger partial charge in [0.05, 0.1) is 12.7 Å². The van der Waals surface area contributed by atoms with Crippen LogP contribution in [0.4, 0.5) is 0 Å². The van der Waals surface area contributed by atoms with Crippen LogP contribution in [-0.4, -0.2) is 42.5 Å². The number of aryl methyl sites for hydroxylation is 1. The van der Waals surface area contributed by atoms with Gasteiger partial charge in [-0.1, -0.05) is 0 Å². The van der Waals surface area contributed by atoms with Crippen LogP contribution in [0.3, 0.4) is 0 Å². The highest BCUT2D eigenvalue weighted by atomic mass is 32.2. The summed E-state index contributed by atoms with van der Waals surface area (Å²) in [6.07, 6.45) is 0. The van der Waals surface area contributed by atoms with Crippen LogP contribution in [0.1, 0.15) is 21.9 Å². The lowest BCUT2D eigenvalue weighted by molar-refractivity contribution is 0.0770. The maximum Gasteiger partial charge on any atom is 0.257 e. The highest BCUT2D eigenvalue weighted by Crippen LogP contribution is 2.22. The van der Waals surface area contributed by atoms with E-state index in [2.05, 4.69) is 0 Å². The van der Waals surface area contributed by atoms with Crippen molar-refractivity contribution in [1.29, 1.82) is 0 Å². The Morgan fingerprint density at radius 1 is 1.21 bits per heavy atom. The lowest BCUT2D eigenvalue weighted by Gasteiger charge is -2.26. The van der Waals surface area contributed by atoms with Gasteiger partial charge in [-0.3, -0.25) is 4.79 Å². The molecule has 1 saturated heterocycles. The molecule has 5 nitrogen and oxygen atoms in total. The Morgan fingerprint density at radius 2 is 1.88 bits per heavy atom. The average Bonchev–Trinajstić information content (AvgIpc) is 3.01. The molecule has 1 aromatic carbocycles. The number of benzene rings is 1. The summed E-state index contributed by atoms with van der Waals surface area (Å²) in [7, 11) is 1.63. The third-order valence-electron chi connectivity index (χ3n) is 3.94. The summed E-state index contributed by atoms with van der Waals surface area (Å²) in [5.41, 5.74) is 0.634. The predicted molar refractivity (Wildman–Crippen MR) is 94.0 cm³/mol. The maximum absolute atomic E-state index is 12.6. The van der Waals surface area contributed by atoms with Crippen LogP contribution in [0.15, 0.2) is 34.7 Å². The molecule has 1 aliphatic rings. The summed E-state index contributed by atoms with van der Waals surface area (Å²) in [6.45, 7) is 3.71. The van der Waals surface area contributed by atoms with Crippen LogP contribution in [0.25, 0.3) is 0 Å². The van der Waals surface area contributed by atoms with Crippen LogP contribution in [-0.2, 0) is 6.61 Å². The molecule has 128 valence electrons. The van der Waals surface area contributed by atoms with Gasteiger partial charge in [0.15, 0.2) is 0 Å². The van der Waals surface area contributed by atoms with Crippen molar-refractivity contribution in [3.8, 4) is 11.5 Å². The van der Waals surface area contributed by atoms with E-state index in [1.54, 1.807) is 13.2 Å². The fourth-order valence-corrected chi connectivity index (χ4v) is 3.49. The summed E-state index contributed by atoms with van der Waals surface area (Å²) in [5.74, 6) is 4.85. The van der Waals surface area contributed by atoms with E-state index in [0.29, 0.717) is 17.1 Å². The highest BCUT2D eigenvalue weighted by molar-refractivity contribution is 7.99. The van der Waals surface area contributed by atoms with Gasteiger partial charge in [-0.05, 0) is 37.3 Å². The molecule has 0 bridgehead atoms. The molecule has 2 aromatic rings. The van der Waals surface area contributed by atoms with Crippen molar-refractivity contribution in [3.05, 3.63) is 47.4 Å². The van der Waals surface area contributed by atoms with Gasteiger partial charge in [0, 0.05) is 24.6 Å². The zero-order valence-corrected chi connectivity index (χ0v) is 14.7. The standard InChI is InChI=1S/C18H21NO4S/c1-13-17(18(20)19-7-9-24-10-8-19)11-16(23-13)12-22-15-5-3-14(21-2)4-6-15/h3-6,11H,7-10,12H2,1-2H3. The van der Waals surface area contributed by atoms with Crippen molar-refractivity contribution in [1.82, 2.24) is 4.90 Å². The van der Waals surface area contributed by atoms with E-state index in [-0.39, 0.29) is 12.5 Å². The molecular weight excluding hydrogens is 326 g/mol. The van der Waals surface area contributed by atoms with Crippen LogP contribution in [0.5, 0.6) is 11.5 Å². The van der Waals surface area contributed by atoms with Crippen LogP contribution in [0.2, 0.25) is 0 Å². The first kappa shape index (κ1) is 16.8. The van der Waals surface area contributed by atoms with Crippen LogP contribution in [0, 0.1) is 6.92 Å². The first-order chi connectivity index (χ1) is 11.7. The zero-order valence-electron chi connectivity index (χ0n) is 13.9. The van der Waals surface area contributed by atoms with Crippen molar-refractivity contribution < 1.29 is 18.7 Å². The van der Waals surface area contributed by atoms with Crippen molar-refractivity contribution in [3.63, 3.8) is 0 Å². The van der Waals surface area contributed by atoms with E-state index in [0.717, 1.165) is 36.1 Å². The largest absolute Gasteiger partial charge is 0.497 e. The van der Waals surface area contributed by atoms with Gasteiger partial charge in [0.1, 0.15) is 29.6 Å². The Kier molecular flexibility index (Phi) is 5.35. The number of amides is 1. The number of hydrogen-bond donors (Lipinski definition) is 0. The Hall–Kier alpha value is -2.08. The monoisotopic (exact) mass is 347 g/mol. The van der Waals surface area contributed by atoms with Gasteiger partial charge in [0.25, 0.3) is 5.91 Å². The van der Waals surface area contributed by atoms with E-state index < -0.39 is 0 Å². The quantitative estimate of drug-likeness (QED) is 0.830. The summed E-state index contributed by atoms with van der Waals surface area (Å²) in [5, 5.41) is 0. The molecule has 3 rings (SSSR count). The molecule has 1 aromatic heterocycles. The number of ether oxygens (including phenoxy) is 2. The Labute approximate surface area is 145 Å². The second-order valence-electron chi connectivity index (χ2n) is 5.55. The zero-order chi connectivity index (χ0) is 16.9. The molecule has 0 unspecified atom stereocenters. The topological polar surface area (TPSA) is 51.9 Å². The normalized spacial score (nSPS) is 14.5. The van der Waals surface area contributed by atoms with Gasteiger partial charge in [-0.25, -0.2) is 0 Å². The predicted octanol–water partition coefficient (Wildman–Crippen LogP) is 3.36. The van der Waals surface area contributed by atoms with Gasteiger partial charge < -0.3 is 18.8 Å². The second kappa shape index (κ2) is 7.66. The number of hydrogen-bond acceptors (Lipinski definition) is 5. The van der Waals surface area contributed by atoms with Gasteiger partial charge in [-0.15, -0.1) is 0 Å². The van der Waals surface area contributed by atoms with Crippen LogP contribution < -0.4 is 9.47 Å². The molecule has 2 heterocycles. The van der Waals surface area contributed by atoms with Crippen molar-refractivity contribution in [2.24, 2.45) is 0 Å². The van der Waals surface area contributed by atoms with Crippen molar-refractivity contribution in [2.45, 2.75) is 13.5 Å². The number of carbonyl (C=O) groups is 1. The molecule has 24 heavy (non-hydrogen) atoms. The molecule has 0 radical (unpaired) electrons. The van der Waals surface area contributed by atoms with E-state index in [9.17, 15) is 4.79 Å². The molecule has 6 heteroatoms. The number of nitrogens with zero attached hydrogens (tertiary/aromatic N) is 1. The minimum atomic E-state index is 0.0484. The lowest BCUT2D eigenvalue weighted by Crippen LogP contribution is -2.37. The summed E-state index contributed by atoms with van der Waals surface area (Å²) < 4.78 is 16.5. The molecule has 0 atom stereocenters. The third kappa shape index (κ3) is 3.87. The molecule has 0 saturated carbocycles. The van der Waals surface area contributed by atoms with E-state index >= 15 is 0 Å². The summed E-state index contributed by atoms with van der Waals surface area (Å²) in [4.78, 5) is 14.5. The van der Waals surface area contributed by atoms with Crippen molar-refractivity contribution in [2.75, 3.05) is 31.7 Å². The van der Waals surface area contributed by atoms with Crippen LogP contribution >= 0.6 is 11.8 Å². The molecule has 0 N–H and O–H groups in total. The minimum Gasteiger partial charge on any atom is -0.497 e. The first-order valence-electron chi connectivity index (χ1n) is 7.90. The fourth-order valence-electron chi connectivity index (χ4n) is 2.59. The average molecular weight is 347 g/mol. The Bertz CT molecular complexity index is 690. The van der Waals surface area contributed by atoms with E-state index in [1.165, 1.54) is 0 Å². The number of thioether (sulfide) groups is 1. The highest BCUT2D eigenvalue weighted by Gasteiger charge is 2.22. The number of carbonyl (C=O) groups excluding carboxylic acids is 1. The molecule has 1 amide bonds. The van der Waals surface area contributed by atoms with Gasteiger partial charge in [-0.2, -0.15) is 11.8 Å². The minimum absolute atomic E-state index is 0.0484. The molecule has 0 aliphatic carbocycles. The van der Waals surface area contributed by atoms with Gasteiger partial charge >= 0.3 is 0 Å². The summed E-state index contributed by atoms with van der Waals surface area (Å²) >= 11 is 1.88. The molecule has 1 fully saturated rings.